The van der Waals surface area contributed by atoms with E-state index in [9.17, 15) is 8.42 Å². The number of nitrogens with zero attached hydrogens (tertiary/aromatic N) is 2. The number of benzene rings is 1. The van der Waals surface area contributed by atoms with E-state index in [1.807, 2.05) is 0 Å². The van der Waals surface area contributed by atoms with Gasteiger partial charge < -0.3 is 0 Å². The topological polar surface area (TPSA) is 85.9 Å². The molecule has 0 unspecified atom stereocenters. The van der Waals surface area contributed by atoms with Crippen LogP contribution >= 0.6 is 23.1 Å². The first-order valence-electron chi connectivity index (χ1n) is 4.10. The summed E-state index contributed by atoms with van der Waals surface area (Å²) in [4.78, 5) is 3.82. The van der Waals surface area contributed by atoms with Crippen molar-refractivity contribution in [3.63, 3.8) is 0 Å². The van der Waals surface area contributed by atoms with E-state index in [4.69, 9.17) is 16.7 Å². The molecule has 2 aromatic rings. The lowest BCUT2D eigenvalue weighted by Gasteiger charge is -1.96. The van der Waals surface area contributed by atoms with Crippen LogP contribution in [0.1, 0.15) is 0 Å². The van der Waals surface area contributed by atoms with Gasteiger partial charge in [0.2, 0.25) is 4.34 Å². The van der Waals surface area contributed by atoms with E-state index in [2.05, 4.69) is 9.36 Å². The molecule has 0 amide bonds. The summed E-state index contributed by atoms with van der Waals surface area (Å²) >= 11 is 6.65. The average Bonchev–Trinajstić information content (AvgIpc) is 2.66. The van der Waals surface area contributed by atoms with E-state index < -0.39 is 10.0 Å². The summed E-state index contributed by atoms with van der Waals surface area (Å²) in [6.07, 6.45) is 0. The minimum Gasteiger partial charge on any atom is -0.223 e. The van der Waals surface area contributed by atoms with Gasteiger partial charge in [-0.3, -0.25) is 0 Å². The van der Waals surface area contributed by atoms with Crippen LogP contribution in [-0.2, 0) is 10.0 Å². The van der Waals surface area contributed by atoms with Crippen molar-refractivity contribution < 1.29 is 8.42 Å². The number of sulfonamides is 1. The average molecular weight is 276 g/mol. The Morgan fingerprint density at radius 1 is 1.31 bits per heavy atom. The molecule has 0 saturated carbocycles. The van der Waals surface area contributed by atoms with Crippen molar-refractivity contribution in [1.82, 2.24) is 9.36 Å². The maximum Gasteiger partial charge on any atom is 0.266 e. The lowest BCUT2D eigenvalue weighted by atomic mass is 10.2. The quantitative estimate of drug-likeness (QED) is 0.900. The molecule has 0 saturated heterocycles. The molecule has 5 nitrogen and oxygen atoms in total. The zero-order valence-electron chi connectivity index (χ0n) is 7.79. The summed E-state index contributed by atoms with van der Waals surface area (Å²) in [6, 6.07) is 6.91. The van der Waals surface area contributed by atoms with E-state index in [1.54, 1.807) is 24.3 Å². The van der Waals surface area contributed by atoms with Gasteiger partial charge >= 0.3 is 0 Å². The molecule has 0 spiro atoms. The normalized spacial score (nSPS) is 11.6. The van der Waals surface area contributed by atoms with Crippen LogP contribution in [0.4, 0.5) is 0 Å². The monoisotopic (exact) mass is 275 g/mol. The van der Waals surface area contributed by atoms with Crippen molar-refractivity contribution in [2.45, 2.75) is 4.34 Å². The Kier molecular flexibility index (Phi) is 2.94. The molecule has 8 heteroatoms. The Morgan fingerprint density at radius 3 is 2.56 bits per heavy atom. The van der Waals surface area contributed by atoms with Crippen molar-refractivity contribution in [3.8, 4) is 11.4 Å². The maximum absolute atomic E-state index is 11.0. The van der Waals surface area contributed by atoms with Crippen LogP contribution in [0.25, 0.3) is 11.4 Å². The fourth-order valence-electron chi connectivity index (χ4n) is 1.08. The van der Waals surface area contributed by atoms with Crippen molar-refractivity contribution in [2.24, 2.45) is 5.14 Å². The van der Waals surface area contributed by atoms with Gasteiger partial charge in [0, 0.05) is 5.56 Å². The molecule has 1 aromatic carbocycles. The second kappa shape index (κ2) is 4.10. The number of rotatable bonds is 2. The Morgan fingerprint density at radius 2 is 2.00 bits per heavy atom. The molecule has 0 fully saturated rings. The van der Waals surface area contributed by atoms with Gasteiger partial charge in [-0.2, -0.15) is 4.37 Å². The standard InChI is InChI=1S/C8H6ClN3O2S2/c9-6-4-2-1-3-5(6)7-11-8(15-12-7)16(10,13)14/h1-4H,(H2,10,13,14). The number of hydrogen-bond acceptors (Lipinski definition) is 5. The van der Waals surface area contributed by atoms with Gasteiger partial charge in [0.1, 0.15) is 0 Å². The molecular weight excluding hydrogens is 270 g/mol. The highest BCUT2D eigenvalue weighted by Crippen LogP contribution is 2.26. The smallest absolute Gasteiger partial charge is 0.223 e. The number of hydrogen-bond donors (Lipinski definition) is 1. The zero-order chi connectivity index (χ0) is 11.8. The Balaban J connectivity index is 2.52. The third kappa shape index (κ3) is 2.22. The van der Waals surface area contributed by atoms with Crippen LogP contribution in [0, 0.1) is 0 Å². The molecule has 2 N–H and O–H groups in total. The third-order valence-electron chi connectivity index (χ3n) is 1.77. The lowest BCUT2D eigenvalue weighted by Crippen LogP contribution is -2.11. The highest BCUT2D eigenvalue weighted by atomic mass is 35.5. The molecule has 0 bridgehead atoms. The van der Waals surface area contributed by atoms with Crippen molar-refractivity contribution in [2.75, 3.05) is 0 Å². The molecule has 0 atom stereocenters. The number of nitrogens with two attached hydrogens (primary N) is 1. The van der Waals surface area contributed by atoms with Gasteiger partial charge in [-0.1, -0.05) is 23.7 Å². The molecule has 16 heavy (non-hydrogen) atoms. The van der Waals surface area contributed by atoms with Gasteiger partial charge in [0.25, 0.3) is 10.0 Å². The summed E-state index contributed by atoms with van der Waals surface area (Å²) in [6.45, 7) is 0. The summed E-state index contributed by atoms with van der Waals surface area (Å²) < 4.78 is 25.7. The first-order valence-corrected chi connectivity index (χ1v) is 6.79. The number of halogens is 1. The van der Waals surface area contributed by atoms with Crippen LogP contribution in [-0.4, -0.2) is 17.8 Å². The molecule has 0 aliphatic carbocycles. The van der Waals surface area contributed by atoms with Crippen molar-refractivity contribution in [1.29, 1.82) is 0 Å². The lowest BCUT2D eigenvalue weighted by molar-refractivity contribution is 0.597. The molecule has 84 valence electrons. The summed E-state index contributed by atoms with van der Waals surface area (Å²) in [5.74, 6) is 0.264. The van der Waals surface area contributed by atoms with Crippen molar-refractivity contribution >= 4 is 33.2 Å². The highest BCUT2D eigenvalue weighted by Gasteiger charge is 2.16. The molecule has 0 aliphatic heterocycles. The minimum absolute atomic E-state index is 0.220. The van der Waals surface area contributed by atoms with Gasteiger partial charge in [-0.05, 0) is 23.7 Å². The van der Waals surface area contributed by atoms with Crippen LogP contribution < -0.4 is 5.14 Å². The Labute approximate surface area is 101 Å². The Hall–Kier alpha value is -1.02. The van der Waals surface area contributed by atoms with E-state index in [-0.39, 0.29) is 10.2 Å². The fourth-order valence-corrected chi connectivity index (χ4v) is 2.47. The predicted octanol–water partition coefficient (Wildman–Crippen LogP) is 1.51. The molecule has 0 aliphatic rings. The largest absolute Gasteiger partial charge is 0.266 e. The Bertz CT molecular complexity index is 624. The SMILES string of the molecule is NS(=O)(=O)c1nc(-c2ccccc2Cl)ns1. The maximum atomic E-state index is 11.0. The van der Waals surface area contributed by atoms with E-state index in [0.29, 0.717) is 10.6 Å². The van der Waals surface area contributed by atoms with E-state index >= 15 is 0 Å². The second-order valence-corrected chi connectivity index (χ2v) is 5.80. The summed E-state index contributed by atoms with van der Waals surface area (Å²) in [5.41, 5.74) is 0.579. The minimum atomic E-state index is -3.80. The molecule has 0 radical (unpaired) electrons. The van der Waals surface area contributed by atoms with Crippen LogP contribution in [0.5, 0.6) is 0 Å². The molecule has 1 heterocycles. The first-order chi connectivity index (χ1) is 7.48. The first kappa shape index (κ1) is 11.5. The third-order valence-corrected chi connectivity index (χ3v) is 4.11. The molecule has 2 rings (SSSR count). The van der Waals surface area contributed by atoms with Gasteiger partial charge in [-0.15, -0.1) is 0 Å². The van der Waals surface area contributed by atoms with Crippen molar-refractivity contribution in [3.05, 3.63) is 29.3 Å². The van der Waals surface area contributed by atoms with E-state index in [1.165, 1.54) is 0 Å². The molecular formula is C8H6ClN3O2S2. The van der Waals surface area contributed by atoms with Crippen LogP contribution in [0.2, 0.25) is 5.02 Å². The fraction of sp³-hybridized carbons (Fsp3) is 0. The predicted molar refractivity (Wildman–Crippen MR) is 61.7 cm³/mol. The highest BCUT2D eigenvalue weighted by molar-refractivity contribution is 7.91. The zero-order valence-corrected chi connectivity index (χ0v) is 10.2. The van der Waals surface area contributed by atoms with Gasteiger partial charge in [0.15, 0.2) is 5.82 Å². The second-order valence-electron chi connectivity index (χ2n) is 2.91. The van der Waals surface area contributed by atoms with Crippen LogP contribution in [0.15, 0.2) is 28.6 Å². The summed E-state index contributed by atoms with van der Waals surface area (Å²) in [7, 11) is -3.80. The van der Waals surface area contributed by atoms with Gasteiger partial charge in [0.05, 0.1) is 5.02 Å². The van der Waals surface area contributed by atoms with Crippen LogP contribution in [0.3, 0.4) is 0 Å². The van der Waals surface area contributed by atoms with Gasteiger partial charge in [-0.25, -0.2) is 18.5 Å². The summed E-state index contributed by atoms with van der Waals surface area (Å²) in [5, 5.41) is 5.39. The number of primary sulfonamides is 1. The van der Waals surface area contributed by atoms with E-state index in [0.717, 1.165) is 11.5 Å². The molecule has 1 aromatic heterocycles. The number of aromatic nitrogens is 2.